The minimum Gasteiger partial charge on any atom is -0.394 e. The van der Waals surface area contributed by atoms with Gasteiger partial charge in [0.25, 0.3) is 11.7 Å². The smallest absolute Gasteiger partial charge is 0.277 e. The molecule has 0 saturated carbocycles. The number of fused-ring (bicyclic) bond motifs is 2. The molecule has 3 aromatic heterocycles. The lowest BCUT2D eigenvalue weighted by Crippen LogP contribution is -2.53. The summed E-state index contributed by atoms with van der Waals surface area (Å²) in [6.45, 7) is 2.61. The average molecular weight is 807 g/mol. The standard InChI is InChI=1S/C36H56N9O12/c1-4-44-22-8-7-20(13-23(22)45(5-2)28(44)16-43(19-48)35-33(37)40-34-21(39-35)9-10-38-34)36(57)41(3)11-6-12-42(14-24(49)29(53)31(55)26(51)17-46)15-25(50)30(54)32(56)27(52)18-47/h7-10,13,19,24-27,29-32,46-47,49-56H,4-6,11-12,14-18H2,1-3H3,(H3,37,38,40)/q+1/t24-,25-,26+,27+,29+,30+,31+,32+/m0/s1. The van der Waals surface area contributed by atoms with Crippen molar-refractivity contribution in [3.63, 3.8) is 0 Å². The largest absolute Gasteiger partial charge is 0.394 e. The summed E-state index contributed by atoms with van der Waals surface area (Å²) >= 11 is 0. The Kier molecular flexibility index (Phi) is 16.2. The molecule has 21 nitrogen and oxygen atoms in total. The molecule has 0 saturated heterocycles. The molecule has 0 radical (unpaired) electrons. The Labute approximate surface area is 328 Å². The number of nitrogens with zero attached hydrogens (tertiary/aromatic N) is 7. The van der Waals surface area contributed by atoms with Gasteiger partial charge in [-0.25, -0.2) is 19.1 Å². The number of aromatic nitrogens is 5. The highest BCUT2D eigenvalue weighted by Crippen LogP contribution is 2.25. The predicted molar refractivity (Wildman–Crippen MR) is 204 cm³/mol. The number of imidazole rings is 1. The number of amides is 2. The van der Waals surface area contributed by atoms with Crippen LogP contribution in [-0.2, 0) is 24.4 Å². The summed E-state index contributed by atoms with van der Waals surface area (Å²) in [5, 5.41) is 100.0. The molecular formula is C36H56N9O12+. The maximum Gasteiger partial charge on any atom is 0.277 e. The van der Waals surface area contributed by atoms with Crippen LogP contribution in [0.5, 0.6) is 0 Å². The van der Waals surface area contributed by atoms with Crippen molar-refractivity contribution in [2.24, 2.45) is 0 Å². The summed E-state index contributed by atoms with van der Waals surface area (Å²) in [5.41, 5.74) is 9.17. The van der Waals surface area contributed by atoms with Crippen LogP contribution in [0.4, 0.5) is 11.6 Å². The Bertz CT molecular complexity index is 1900. The van der Waals surface area contributed by atoms with Gasteiger partial charge in [0, 0.05) is 51.1 Å². The molecule has 1 aromatic carbocycles. The highest BCUT2D eigenvalue weighted by molar-refractivity contribution is 5.97. The summed E-state index contributed by atoms with van der Waals surface area (Å²) < 4.78 is 4.03. The number of hydrogen-bond acceptors (Lipinski definition) is 16. The van der Waals surface area contributed by atoms with Gasteiger partial charge >= 0.3 is 0 Å². The third-order valence-electron chi connectivity index (χ3n) is 10.0. The van der Waals surface area contributed by atoms with Crippen LogP contribution >= 0.6 is 0 Å². The van der Waals surface area contributed by atoms with Crippen molar-refractivity contribution in [3.05, 3.63) is 41.9 Å². The average Bonchev–Trinajstić information content (AvgIpc) is 3.80. The molecular weight excluding hydrogens is 750 g/mol. The number of aryl methyl sites for hydroxylation is 2. The van der Waals surface area contributed by atoms with Crippen molar-refractivity contribution in [3.8, 4) is 0 Å². The van der Waals surface area contributed by atoms with Gasteiger partial charge in [0.05, 0.1) is 38.5 Å². The number of H-pyrrole nitrogens is 1. The van der Waals surface area contributed by atoms with Gasteiger partial charge in [-0.1, -0.05) is 0 Å². The number of nitrogens with two attached hydrogens (primary N) is 1. The summed E-state index contributed by atoms with van der Waals surface area (Å²) in [6, 6.07) is 7.01. The summed E-state index contributed by atoms with van der Waals surface area (Å²) in [6.07, 6.45) is -12.1. The monoisotopic (exact) mass is 806 g/mol. The van der Waals surface area contributed by atoms with Crippen LogP contribution in [0, 0.1) is 0 Å². The topological polar surface area (TPSA) is 323 Å². The molecule has 13 N–H and O–H groups in total. The number of benzene rings is 1. The van der Waals surface area contributed by atoms with Crippen LogP contribution in [0.3, 0.4) is 0 Å². The van der Waals surface area contributed by atoms with E-state index < -0.39 is 75.1 Å². The number of aliphatic hydroxyl groups excluding tert-OH is 10. The minimum atomic E-state index is -1.92. The minimum absolute atomic E-state index is 0.0409. The van der Waals surface area contributed by atoms with E-state index in [0.29, 0.717) is 36.2 Å². The number of aromatic amines is 1. The number of aliphatic hydroxyl groups is 10. The lowest BCUT2D eigenvalue weighted by atomic mass is 10.0. The van der Waals surface area contributed by atoms with E-state index in [9.17, 15) is 50.4 Å². The van der Waals surface area contributed by atoms with Crippen molar-refractivity contribution in [2.45, 2.75) is 88.7 Å². The molecule has 57 heavy (non-hydrogen) atoms. The number of hydrogen-bond donors (Lipinski definition) is 12. The van der Waals surface area contributed by atoms with Crippen LogP contribution in [0.15, 0.2) is 30.5 Å². The van der Waals surface area contributed by atoms with Gasteiger partial charge in [-0.15, -0.1) is 0 Å². The van der Waals surface area contributed by atoms with E-state index in [-0.39, 0.29) is 43.6 Å². The molecule has 0 fully saturated rings. The molecule has 2 amide bonds. The van der Waals surface area contributed by atoms with Gasteiger partial charge in [-0.05, 0) is 38.5 Å². The summed E-state index contributed by atoms with van der Waals surface area (Å²) in [7, 11) is 1.58. The Hall–Kier alpha value is -4.39. The third kappa shape index (κ3) is 10.4. The third-order valence-corrected chi connectivity index (χ3v) is 10.0. The molecule has 8 atom stereocenters. The zero-order valence-corrected chi connectivity index (χ0v) is 32.2. The van der Waals surface area contributed by atoms with Gasteiger partial charge in [-0.3, -0.25) is 19.4 Å². The molecule has 0 spiro atoms. The fourth-order valence-electron chi connectivity index (χ4n) is 6.78. The lowest BCUT2D eigenvalue weighted by Gasteiger charge is -2.33. The highest BCUT2D eigenvalue weighted by atomic mass is 16.4. The summed E-state index contributed by atoms with van der Waals surface area (Å²) in [5.74, 6) is 0.708. The van der Waals surface area contributed by atoms with Crippen LogP contribution in [0.2, 0.25) is 0 Å². The fraction of sp³-hybridized carbons (Fsp3) is 0.583. The Balaban J connectivity index is 1.51. The molecule has 0 bridgehead atoms. The Morgan fingerprint density at radius 2 is 1.49 bits per heavy atom. The molecule has 316 valence electrons. The molecule has 21 heteroatoms. The van der Waals surface area contributed by atoms with Crippen LogP contribution in [-0.4, -0.2) is 188 Å². The molecule has 4 rings (SSSR count). The van der Waals surface area contributed by atoms with Crippen molar-refractivity contribution in [2.75, 3.05) is 57.1 Å². The molecule has 4 aromatic rings. The number of rotatable bonds is 23. The maximum atomic E-state index is 13.7. The second-order valence-electron chi connectivity index (χ2n) is 13.9. The van der Waals surface area contributed by atoms with E-state index in [1.807, 2.05) is 29.0 Å². The molecule has 0 aliphatic heterocycles. The number of nitrogen functional groups attached to an aromatic ring is 1. The maximum absolute atomic E-state index is 13.7. The van der Waals surface area contributed by atoms with Crippen LogP contribution in [0.1, 0.15) is 36.5 Å². The molecule has 0 aliphatic carbocycles. The molecule has 0 aliphatic rings. The first kappa shape index (κ1) is 45.3. The van der Waals surface area contributed by atoms with Crippen LogP contribution < -0.4 is 15.2 Å². The van der Waals surface area contributed by atoms with Gasteiger partial charge in [-0.2, -0.15) is 0 Å². The van der Waals surface area contributed by atoms with Gasteiger partial charge < -0.3 is 66.7 Å². The number of nitrogens with one attached hydrogen (secondary N) is 1. The van der Waals surface area contributed by atoms with Crippen molar-refractivity contribution < 1.29 is 65.2 Å². The van der Waals surface area contributed by atoms with E-state index in [4.69, 9.17) is 15.9 Å². The first-order valence-electron chi connectivity index (χ1n) is 18.6. The van der Waals surface area contributed by atoms with Gasteiger partial charge in [0.15, 0.2) is 28.3 Å². The SMILES string of the molecule is CCn1c(CN(C=O)c2nc3cc[nH]c3nc2N)[n+](CC)c2ccc(C(=O)N(C)CCCN(C[C@H](O)[C@@H](O)[C@H](O)[C@H](O)CO)C[C@H](O)[C@@H](O)[C@H](O)[C@H](O)CO)cc21. The van der Waals surface area contributed by atoms with E-state index in [1.54, 1.807) is 31.4 Å². The second kappa shape index (κ2) is 20.3. The van der Waals surface area contributed by atoms with Gasteiger partial charge in [0.2, 0.25) is 6.41 Å². The lowest BCUT2D eigenvalue weighted by molar-refractivity contribution is -0.676. The predicted octanol–water partition coefficient (Wildman–Crippen LogP) is -4.38. The Morgan fingerprint density at radius 3 is 2.04 bits per heavy atom. The quantitative estimate of drug-likeness (QED) is 0.0249. The number of anilines is 2. The highest BCUT2D eigenvalue weighted by Gasteiger charge is 2.35. The number of carbonyl (C=O) groups excluding carboxylic acids is 2. The van der Waals surface area contributed by atoms with E-state index >= 15 is 0 Å². The van der Waals surface area contributed by atoms with E-state index in [1.165, 1.54) is 14.7 Å². The van der Waals surface area contributed by atoms with Crippen molar-refractivity contribution in [1.29, 1.82) is 0 Å². The van der Waals surface area contributed by atoms with Crippen molar-refractivity contribution >= 4 is 46.2 Å². The van der Waals surface area contributed by atoms with Crippen LogP contribution in [0.25, 0.3) is 22.2 Å². The first-order valence-corrected chi connectivity index (χ1v) is 18.6. The fourth-order valence-corrected chi connectivity index (χ4v) is 6.78. The second-order valence-corrected chi connectivity index (χ2v) is 13.9. The zero-order valence-electron chi connectivity index (χ0n) is 32.2. The zero-order chi connectivity index (χ0) is 42.1. The molecule has 0 unspecified atom stereocenters. The first-order chi connectivity index (χ1) is 27.1. The molecule has 3 heterocycles. The summed E-state index contributed by atoms with van der Waals surface area (Å²) in [4.78, 5) is 42.2. The number of carbonyl (C=O) groups is 2. The van der Waals surface area contributed by atoms with Crippen molar-refractivity contribution in [1.82, 2.24) is 29.3 Å². The van der Waals surface area contributed by atoms with Gasteiger partial charge in [0.1, 0.15) is 48.7 Å². The van der Waals surface area contributed by atoms with E-state index in [0.717, 1.165) is 16.9 Å². The van der Waals surface area contributed by atoms with E-state index in [2.05, 4.69) is 15.0 Å². The normalized spacial score (nSPS) is 16.3. The Morgan fingerprint density at radius 1 is 0.895 bits per heavy atom.